The fourth-order valence-corrected chi connectivity index (χ4v) is 5.71. The van der Waals surface area contributed by atoms with Crippen molar-refractivity contribution in [1.29, 1.82) is 0 Å². The van der Waals surface area contributed by atoms with Gasteiger partial charge >= 0.3 is 0 Å². The summed E-state index contributed by atoms with van der Waals surface area (Å²) in [6.07, 6.45) is 7.01. The molecule has 1 saturated heterocycles. The molecule has 6 heteroatoms. The van der Waals surface area contributed by atoms with Gasteiger partial charge in [0.15, 0.2) is 0 Å². The molecular formula is C26H39N3O3. The summed E-state index contributed by atoms with van der Waals surface area (Å²) in [6.45, 7) is 8.71. The number of morpholine rings is 1. The molecule has 1 atom stereocenters. The first kappa shape index (κ1) is 23.2. The predicted molar refractivity (Wildman–Crippen MR) is 125 cm³/mol. The van der Waals surface area contributed by atoms with E-state index in [-0.39, 0.29) is 23.3 Å². The van der Waals surface area contributed by atoms with Gasteiger partial charge in [0.25, 0.3) is 0 Å². The molecule has 0 radical (unpaired) electrons. The van der Waals surface area contributed by atoms with Crippen LogP contribution in [0.4, 0.5) is 0 Å². The molecule has 0 aromatic heterocycles. The van der Waals surface area contributed by atoms with Gasteiger partial charge in [-0.05, 0) is 29.9 Å². The molecule has 1 aromatic rings. The van der Waals surface area contributed by atoms with E-state index in [2.05, 4.69) is 36.2 Å². The third-order valence-corrected chi connectivity index (χ3v) is 7.51. The molecule has 4 rings (SSSR count). The quantitative estimate of drug-likeness (QED) is 0.737. The number of fused-ring (bicyclic) bond motifs is 1. The monoisotopic (exact) mass is 441 g/mol. The van der Waals surface area contributed by atoms with Crippen LogP contribution in [0.2, 0.25) is 0 Å². The third kappa shape index (κ3) is 5.18. The van der Waals surface area contributed by atoms with Gasteiger partial charge in [-0.2, -0.15) is 0 Å². The Bertz CT molecular complexity index is 797. The summed E-state index contributed by atoms with van der Waals surface area (Å²) in [5.74, 6) is 0.347. The van der Waals surface area contributed by atoms with Crippen molar-refractivity contribution in [2.75, 3.05) is 32.8 Å². The minimum Gasteiger partial charge on any atom is -0.379 e. The van der Waals surface area contributed by atoms with Gasteiger partial charge in [0.1, 0.15) is 6.04 Å². The van der Waals surface area contributed by atoms with Crippen LogP contribution in [0, 0.1) is 5.92 Å². The number of nitrogens with one attached hydrogen (secondary N) is 1. The highest BCUT2D eigenvalue weighted by Gasteiger charge is 2.40. The molecule has 2 fully saturated rings. The Balaban J connectivity index is 1.49. The smallest absolute Gasteiger partial charge is 0.243 e. The van der Waals surface area contributed by atoms with Gasteiger partial charge < -0.3 is 15.0 Å². The number of amides is 2. The summed E-state index contributed by atoms with van der Waals surface area (Å²) in [4.78, 5) is 31.0. The lowest BCUT2D eigenvalue weighted by molar-refractivity contribution is -0.142. The molecule has 1 aliphatic carbocycles. The van der Waals surface area contributed by atoms with Gasteiger partial charge in [0.2, 0.25) is 11.8 Å². The summed E-state index contributed by atoms with van der Waals surface area (Å²) < 4.78 is 5.59. The number of benzene rings is 1. The molecule has 3 aliphatic rings. The van der Waals surface area contributed by atoms with Gasteiger partial charge in [0.05, 0.1) is 13.2 Å². The summed E-state index contributed by atoms with van der Waals surface area (Å²) in [6, 6.07) is 7.78. The number of ether oxygens (including phenoxy) is 1. The zero-order chi connectivity index (χ0) is 22.6. The molecular weight excluding hydrogens is 402 g/mol. The molecule has 2 aliphatic heterocycles. The maximum atomic E-state index is 13.5. The number of hydrogen-bond acceptors (Lipinski definition) is 4. The fraction of sp³-hybridized carbons (Fsp3) is 0.692. The number of carbonyl (C=O) groups is 2. The van der Waals surface area contributed by atoms with Gasteiger partial charge in [-0.15, -0.1) is 0 Å². The van der Waals surface area contributed by atoms with Crippen molar-refractivity contribution in [1.82, 2.24) is 15.1 Å². The van der Waals surface area contributed by atoms with Crippen LogP contribution in [-0.4, -0.2) is 66.0 Å². The summed E-state index contributed by atoms with van der Waals surface area (Å²) in [5.41, 5.74) is 2.37. The Morgan fingerprint density at radius 2 is 1.78 bits per heavy atom. The second-order valence-corrected chi connectivity index (χ2v) is 10.2. The number of carbonyl (C=O) groups excluding carboxylic acids is 2. The van der Waals surface area contributed by atoms with E-state index in [1.807, 2.05) is 17.0 Å². The lowest BCUT2D eigenvalue weighted by Gasteiger charge is -2.48. The number of rotatable bonds is 6. The Labute approximate surface area is 192 Å². The van der Waals surface area contributed by atoms with E-state index < -0.39 is 6.04 Å². The van der Waals surface area contributed by atoms with Crippen molar-refractivity contribution < 1.29 is 14.3 Å². The van der Waals surface area contributed by atoms with Crippen LogP contribution >= 0.6 is 0 Å². The molecule has 2 heterocycles. The van der Waals surface area contributed by atoms with E-state index >= 15 is 0 Å². The maximum absolute atomic E-state index is 13.5. The first-order valence-electron chi connectivity index (χ1n) is 12.5. The summed E-state index contributed by atoms with van der Waals surface area (Å²) in [7, 11) is 0. The average Bonchev–Trinajstić information content (AvgIpc) is 2.82. The van der Waals surface area contributed by atoms with Crippen LogP contribution in [0.25, 0.3) is 0 Å². The van der Waals surface area contributed by atoms with Gasteiger partial charge in [-0.1, -0.05) is 57.4 Å². The van der Waals surface area contributed by atoms with E-state index in [9.17, 15) is 9.59 Å². The number of hydrogen-bond donors (Lipinski definition) is 1. The predicted octanol–water partition coefficient (Wildman–Crippen LogP) is 3.14. The molecule has 176 valence electrons. The Morgan fingerprint density at radius 1 is 1.09 bits per heavy atom. The zero-order valence-corrected chi connectivity index (χ0v) is 19.8. The van der Waals surface area contributed by atoms with E-state index in [1.54, 1.807) is 0 Å². The van der Waals surface area contributed by atoms with E-state index in [1.165, 1.54) is 24.8 Å². The zero-order valence-electron chi connectivity index (χ0n) is 19.8. The highest BCUT2D eigenvalue weighted by molar-refractivity contribution is 5.88. The van der Waals surface area contributed by atoms with Crippen molar-refractivity contribution in [3.63, 3.8) is 0 Å². The van der Waals surface area contributed by atoms with Gasteiger partial charge in [0, 0.05) is 44.6 Å². The van der Waals surface area contributed by atoms with Crippen molar-refractivity contribution in [3.8, 4) is 0 Å². The van der Waals surface area contributed by atoms with Crippen LogP contribution in [0.5, 0.6) is 0 Å². The highest BCUT2D eigenvalue weighted by Crippen LogP contribution is 2.34. The molecule has 0 bridgehead atoms. The largest absolute Gasteiger partial charge is 0.379 e. The fourth-order valence-electron chi connectivity index (χ4n) is 5.71. The van der Waals surface area contributed by atoms with E-state index in [4.69, 9.17) is 4.74 Å². The highest BCUT2D eigenvalue weighted by atomic mass is 16.5. The molecule has 1 N–H and O–H groups in total. The Kier molecular flexibility index (Phi) is 7.51. The first-order chi connectivity index (χ1) is 15.5. The van der Waals surface area contributed by atoms with Gasteiger partial charge in [-0.25, -0.2) is 0 Å². The molecule has 1 saturated carbocycles. The minimum atomic E-state index is -0.429. The van der Waals surface area contributed by atoms with Crippen LogP contribution < -0.4 is 5.32 Å². The third-order valence-electron chi connectivity index (χ3n) is 7.51. The second-order valence-electron chi connectivity index (χ2n) is 10.2. The van der Waals surface area contributed by atoms with Gasteiger partial charge in [-0.3, -0.25) is 14.5 Å². The molecule has 0 spiro atoms. The van der Waals surface area contributed by atoms with Crippen molar-refractivity contribution in [3.05, 3.63) is 35.4 Å². The molecule has 1 unspecified atom stereocenters. The minimum absolute atomic E-state index is 0.00480. The Hall–Kier alpha value is -1.92. The van der Waals surface area contributed by atoms with Crippen LogP contribution in [0.1, 0.15) is 63.5 Å². The van der Waals surface area contributed by atoms with Crippen LogP contribution in [0.3, 0.4) is 0 Å². The van der Waals surface area contributed by atoms with Crippen molar-refractivity contribution in [2.24, 2.45) is 5.92 Å². The van der Waals surface area contributed by atoms with Crippen LogP contribution in [0.15, 0.2) is 24.3 Å². The lowest BCUT2D eigenvalue weighted by Crippen LogP contribution is -2.61. The van der Waals surface area contributed by atoms with E-state index in [0.717, 1.165) is 44.7 Å². The molecule has 1 aromatic carbocycles. The first-order valence-corrected chi connectivity index (χ1v) is 12.5. The number of nitrogens with zero attached hydrogens (tertiary/aromatic N) is 2. The molecule has 32 heavy (non-hydrogen) atoms. The normalized spacial score (nSPS) is 23.6. The SMILES string of the molecule is CC(C)CC(=O)N1Cc2ccccc2CC1C(=O)NCC1(N2CCOCC2)CCCCC1. The lowest BCUT2D eigenvalue weighted by atomic mass is 9.79. The van der Waals surface area contributed by atoms with Crippen LogP contribution in [-0.2, 0) is 27.3 Å². The summed E-state index contributed by atoms with van der Waals surface area (Å²) >= 11 is 0. The molecule has 6 nitrogen and oxygen atoms in total. The van der Waals surface area contributed by atoms with Crippen molar-refractivity contribution >= 4 is 11.8 Å². The Morgan fingerprint density at radius 3 is 2.47 bits per heavy atom. The average molecular weight is 442 g/mol. The standard InChI is InChI=1S/C26H39N3O3/c1-20(2)16-24(30)29-18-22-9-5-4-8-21(22)17-23(29)25(31)27-19-26(10-6-3-7-11-26)28-12-14-32-15-13-28/h4-5,8-9,20,23H,3,6-7,10-19H2,1-2H3,(H,27,31). The summed E-state index contributed by atoms with van der Waals surface area (Å²) in [5, 5.41) is 3.31. The van der Waals surface area contributed by atoms with E-state index in [0.29, 0.717) is 25.9 Å². The topological polar surface area (TPSA) is 61.9 Å². The maximum Gasteiger partial charge on any atom is 0.243 e. The molecule has 2 amide bonds. The second kappa shape index (κ2) is 10.3. The van der Waals surface area contributed by atoms with Crippen molar-refractivity contribution in [2.45, 2.75) is 76.9 Å².